The van der Waals surface area contributed by atoms with E-state index in [0.29, 0.717) is 24.2 Å². The van der Waals surface area contributed by atoms with Crippen LogP contribution in [0, 0.1) is 0 Å². The van der Waals surface area contributed by atoms with Crippen LogP contribution >= 0.6 is 0 Å². The van der Waals surface area contributed by atoms with Crippen LogP contribution in [0.1, 0.15) is 11.1 Å². The molecule has 0 unspecified atom stereocenters. The van der Waals surface area contributed by atoms with Crippen molar-refractivity contribution < 1.29 is 10.2 Å². The lowest BCUT2D eigenvalue weighted by Gasteiger charge is -2.26. The average Bonchev–Trinajstić information content (AvgIpc) is 2.96. The van der Waals surface area contributed by atoms with E-state index in [1.165, 1.54) is 0 Å². The smallest absolute Gasteiger partial charge is 0.0472 e. The van der Waals surface area contributed by atoms with E-state index in [1.807, 2.05) is 66.7 Å². The zero-order chi connectivity index (χ0) is 26.5. The normalized spacial score (nSPS) is 11.0. The molecule has 0 saturated heterocycles. The molecule has 5 aromatic rings. The Bertz CT molecular complexity index is 1530. The maximum atomic E-state index is 10.2. The Hall–Kier alpha value is -4.38. The van der Waals surface area contributed by atoms with Crippen LogP contribution in [-0.2, 0) is 12.8 Å². The fourth-order valence-electron chi connectivity index (χ4n) is 5.30. The van der Waals surface area contributed by atoms with Gasteiger partial charge in [-0.3, -0.25) is 0 Å². The predicted octanol–water partition coefficient (Wildman–Crippen LogP) is 6.59. The number of nitrogens with two attached hydrogens (primary N) is 2. The van der Waals surface area contributed by atoms with Crippen molar-refractivity contribution in [1.82, 2.24) is 0 Å². The van der Waals surface area contributed by atoms with Gasteiger partial charge in [0.25, 0.3) is 0 Å². The highest BCUT2D eigenvalue weighted by Crippen LogP contribution is 2.51. The Labute approximate surface area is 223 Å². The van der Waals surface area contributed by atoms with Gasteiger partial charge in [-0.1, -0.05) is 97.1 Å². The third-order valence-electron chi connectivity index (χ3n) is 7.01. The Kier molecular flexibility index (Phi) is 7.55. The van der Waals surface area contributed by atoms with E-state index in [9.17, 15) is 10.2 Å². The quantitative estimate of drug-likeness (QED) is 0.181. The topological polar surface area (TPSA) is 92.5 Å². The van der Waals surface area contributed by atoms with Crippen LogP contribution in [0.4, 0.5) is 11.4 Å². The van der Waals surface area contributed by atoms with Gasteiger partial charge < -0.3 is 21.7 Å². The minimum absolute atomic E-state index is 0.0114. The molecule has 0 atom stereocenters. The highest BCUT2D eigenvalue weighted by Gasteiger charge is 2.26. The number of aliphatic hydroxyl groups excluding tert-OH is 2. The van der Waals surface area contributed by atoms with Gasteiger partial charge in [0.15, 0.2) is 0 Å². The molecule has 0 aromatic heterocycles. The lowest BCUT2D eigenvalue weighted by Crippen LogP contribution is -2.08. The minimum Gasteiger partial charge on any atom is -0.399 e. The summed E-state index contributed by atoms with van der Waals surface area (Å²) in [6.45, 7) is -0.0165. The van der Waals surface area contributed by atoms with Crippen molar-refractivity contribution in [2.75, 3.05) is 24.7 Å². The van der Waals surface area contributed by atoms with E-state index in [4.69, 9.17) is 11.5 Å². The molecule has 38 heavy (non-hydrogen) atoms. The largest absolute Gasteiger partial charge is 0.399 e. The van der Waals surface area contributed by atoms with Gasteiger partial charge in [0, 0.05) is 35.7 Å². The molecule has 0 spiro atoms. The molecule has 0 radical (unpaired) electrons. The summed E-state index contributed by atoms with van der Waals surface area (Å²) in [4.78, 5) is 0. The molecule has 0 heterocycles. The molecule has 5 rings (SSSR count). The first-order valence-electron chi connectivity index (χ1n) is 12.9. The summed E-state index contributed by atoms with van der Waals surface area (Å²) in [5, 5.41) is 19.9. The van der Waals surface area contributed by atoms with Crippen molar-refractivity contribution in [1.29, 1.82) is 0 Å². The summed E-state index contributed by atoms with van der Waals surface area (Å²) in [5.74, 6) is 0. The molecule has 0 saturated carbocycles. The van der Waals surface area contributed by atoms with E-state index in [0.717, 1.165) is 55.6 Å². The zero-order valence-corrected chi connectivity index (χ0v) is 21.3. The second-order valence-electron chi connectivity index (χ2n) is 9.35. The van der Waals surface area contributed by atoms with Gasteiger partial charge >= 0.3 is 0 Å². The molecule has 4 heteroatoms. The molecule has 6 N–H and O–H groups in total. The second kappa shape index (κ2) is 11.3. The minimum atomic E-state index is -0.0279. The molecule has 190 valence electrons. The fourth-order valence-corrected chi connectivity index (χ4v) is 5.30. The van der Waals surface area contributed by atoms with Gasteiger partial charge in [-0.15, -0.1) is 0 Å². The molecule has 0 bridgehead atoms. The van der Waals surface area contributed by atoms with Crippen LogP contribution in [0.2, 0.25) is 0 Å². The average molecular weight is 501 g/mol. The van der Waals surface area contributed by atoms with Crippen molar-refractivity contribution in [3.8, 4) is 44.5 Å². The molecule has 0 aliphatic rings. The van der Waals surface area contributed by atoms with Crippen molar-refractivity contribution in [2.24, 2.45) is 0 Å². The second-order valence-corrected chi connectivity index (χ2v) is 9.35. The number of rotatable bonds is 8. The van der Waals surface area contributed by atoms with Gasteiger partial charge in [-0.2, -0.15) is 0 Å². The maximum absolute atomic E-state index is 10.2. The van der Waals surface area contributed by atoms with E-state index >= 15 is 0 Å². The summed E-state index contributed by atoms with van der Waals surface area (Å²) >= 11 is 0. The molecule has 4 nitrogen and oxygen atoms in total. The van der Waals surface area contributed by atoms with Gasteiger partial charge in [0.1, 0.15) is 0 Å². The van der Waals surface area contributed by atoms with Crippen molar-refractivity contribution >= 4 is 11.4 Å². The Morgan fingerprint density at radius 3 is 1.47 bits per heavy atom. The molecule has 0 aliphatic heterocycles. The third kappa shape index (κ3) is 4.80. The van der Waals surface area contributed by atoms with E-state index in [2.05, 4.69) is 42.5 Å². The molecule has 0 aliphatic carbocycles. The van der Waals surface area contributed by atoms with Gasteiger partial charge in [-0.25, -0.2) is 0 Å². The standard InChI is InChI=1S/C34H32N2O2/c35-29-17-16-27(22-26(29)18-20-37)32-30(23-10-4-1-5-11-23)28(19-21-38)34(36)33(25-14-8-3-9-15-25)31(32)24-12-6-2-7-13-24/h1-17,22,37-38H,18-21,35-36H2. The Balaban J connectivity index is 2.01. The highest BCUT2D eigenvalue weighted by atomic mass is 16.3. The van der Waals surface area contributed by atoms with Crippen LogP contribution in [0.5, 0.6) is 0 Å². The Morgan fingerprint density at radius 1 is 0.474 bits per heavy atom. The number of aliphatic hydroxyl groups is 2. The number of anilines is 2. The van der Waals surface area contributed by atoms with Crippen LogP contribution in [-0.4, -0.2) is 23.4 Å². The molecular weight excluding hydrogens is 468 g/mol. The fraction of sp³-hybridized carbons (Fsp3) is 0.118. The molecule has 5 aromatic carbocycles. The molecular formula is C34H32N2O2. The molecule has 0 fully saturated rings. The summed E-state index contributed by atoms with van der Waals surface area (Å²) < 4.78 is 0. The first-order valence-corrected chi connectivity index (χ1v) is 12.9. The summed E-state index contributed by atoms with van der Waals surface area (Å²) in [5.41, 5.74) is 24.5. The molecule has 0 amide bonds. The zero-order valence-electron chi connectivity index (χ0n) is 21.3. The van der Waals surface area contributed by atoms with E-state index < -0.39 is 0 Å². The van der Waals surface area contributed by atoms with E-state index in [1.54, 1.807) is 0 Å². The number of nitrogen functional groups attached to an aromatic ring is 2. The number of benzene rings is 5. The highest BCUT2D eigenvalue weighted by molar-refractivity contribution is 6.08. The van der Waals surface area contributed by atoms with Gasteiger partial charge in [-0.05, 0) is 69.5 Å². The first-order chi connectivity index (χ1) is 18.6. The summed E-state index contributed by atoms with van der Waals surface area (Å²) in [6.07, 6.45) is 0.876. The summed E-state index contributed by atoms with van der Waals surface area (Å²) in [6, 6.07) is 36.7. The van der Waals surface area contributed by atoms with Gasteiger partial charge in [0.2, 0.25) is 0 Å². The van der Waals surface area contributed by atoms with Crippen LogP contribution in [0.25, 0.3) is 44.5 Å². The van der Waals surface area contributed by atoms with Crippen LogP contribution in [0.15, 0.2) is 109 Å². The SMILES string of the molecule is Nc1ccc(-c2c(-c3ccccc3)c(CCO)c(N)c(-c3ccccc3)c2-c2ccccc2)cc1CCO. The number of hydrogen-bond acceptors (Lipinski definition) is 4. The first kappa shape index (κ1) is 25.3. The van der Waals surface area contributed by atoms with Crippen LogP contribution < -0.4 is 11.5 Å². The van der Waals surface area contributed by atoms with Crippen molar-refractivity contribution in [3.63, 3.8) is 0 Å². The number of hydrogen-bond donors (Lipinski definition) is 4. The van der Waals surface area contributed by atoms with Gasteiger partial charge in [0.05, 0.1) is 0 Å². The lowest BCUT2D eigenvalue weighted by molar-refractivity contribution is 0.299. The summed E-state index contributed by atoms with van der Waals surface area (Å²) in [7, 11) is 0. The van der Waals surface area contributed by atoms with Crippen LogP contribution in [0.3, 0.4) is 0 Å². The van der Waals surface area contributed by atoms with Crippen molar-refractivity contribution in [2.45, 2.75) is 12.8 Å². The monoisotopic (exact) mass is 500 g/mol. The Morgan fingerprint density at radius 2 is 0.947 bits per heavy atom. The predicted molar refractivity (Wildman–Crippen MR) is 159 cm³/mol. The third-order valence-corrected chi connectivity index (χ3v) is 7.01. The maximum Gasteiger partial charge on any atom is 0.0472 e. The van der Waals surface area contributed by atoms with Crippen molar-refractivity contribution in [3.05, 3.63) is 120 Å². The lowest BCUT2D eigenvalue weighted by atomic mass is 9.78. The van der Waals surface area contributed by atoms with E-state index in [-0.39, 0.29) is 13.2 Å².